The average molecular weight is 353 g/mol. The molecule has 0 aliphatic heterocycles. The van der Waals surface area contributed by atoms with Crippen molar-refractivity contribution >= 4 is 27.4 Å². The third-order valence-electron chi connectivity index (χ3n) is 4.54. The zero-order valence-electron chi connectivity index (χ0n) is 12.2. The molecule has 1 saturated carbocycles. The summed E-state index contributed by atoms with van der Waals surface area (Å²) in [5.74, 6) is 1.48. The van der Waals surface area contributed by atoms with Crippen LogP contribution in [0.3, 0.4) is 0 Å². The number of hydrogen-bond acceptors (Lipinski definition) is 4. The molecule has 6 heteroatoms. The van der Waals surface area contributed by atoms with Gasteiger partial charge in [0.15, 0.2) is 11.5 Å². The van der Waals surface area contributed by atoms with Gasteiger partial charge in [0.2, 0.25) is 0 Å². The second-order valence-corrected chi connectivity index (χ2v) is 6.81. The standard InChI is InChI=1S/C15H21BrN4O/c1-2-11-3-5-15(21,6-4-11)10-18-13-14-17-7-8-20(14)9-12(16)19-13/h7-9,11,21H,2-6,10H2,1H3,(H,18,19). The minimum atomic E-state index is -0.626. The molecule has 5 nitrogen and oxygen atoms in total. The lowest BCUT2D eigenvalue weighted by molar-refractivity contribution is 0.00224. The molecule has 0 spiro atoms. The highest BCUT2D eigenvalue weighted by Crippen LogP contribution is 2.34. The summed E-state index contributed by atoms with van der Waals surface area (Å²) in [6.45, 7) is 2.75. The van der Waals surface area contributed by atoms with Crippen LogP contribution in [0.25, 0.3) is 5.65 Å². The number of aliphatic hydroxyl groups is 1. The molecule has 0 amide bonds. The zero-order valence-corrected chi connectivity index (χ0v) is 13.8. The van der Waals surface area contributed by atoms with Crippen molar-refractivity contribution in [3.05, 3.63) is 23.2 Å². The average Bonchev–Trinajstić information content (AvgIpc) is 2.94. The number of anilines is 1. The molecule has 0 unspecified atom stereocenters. The van der Waals surface area contributed by atoms with Crippen molar-refractivity contribution in [1.29, 1.82) is 0 Å². The van der Waals surface area contributed by atoms with Crippen molar-refractivity contribution in [3.8, 4) is 0 Å². The highest BCUT2D eigenvalue weighted by atomic mass is 79.9. The quantitative estimate of drug-likeness (QED) is 0.886. The lowest BCUT2D eigenvalue weighted by Gasteiger charge is -2.36. The van der Waals surface area contributed by atoms with Gasteiger partial charge in [-0.25, -0.2) is 9.97 Å². The van der Waals surface area contributed by atoms with Crippen LogP contribution in [0.2, 0.25) is 0 Å². The molecule has 3 rings (SSSR count). The fourth-order valence-electron chi connectivity index (χ4n) is 3.07. The number of aromatic nitrogens is 3. The molecule has 2 aromatic rings. The van der Waals surface area contributed by atoms with E-state index in [1.54, 1.807) is 6.20 Å². The third kappa shape index (κ3) is 3.21. The summed E-state index contributed by atoms with van der Waals surface area (Å²) in [4.78, 5) is 8.74. The SMILES string of the molecule is CCC1CCC(O)(CNc2nc(Br)cn3ccnc23)CC1. The summed E-state index contributed by atoms with van der Waals surface area (Å²) >= 11 is 3.40. The molecule has 0 atom stereocenters. The summed E-state index contributed by atoms with van der Waals surface area (Å²) in [6, 6.07) is 0. The lowest BCUT2D eigenvalue weighted by Crippen LogP contribution is -2.40. The van der Waals surface area contributed by atoms with E-state index in [2.05, 4.69) is 38.1 Å². The van der Waals surface area contributed by atoms with E-state index in [1.807, 2.05) is 16.8 Å². The second-order valence-electron chi connectivity index (χ2n) is 6.00. The third-order valence-corrected chi connectivity index (χ3v) is 4.92. The van der Waals surface area contributed by atoms with Gasteiger partial charge in [-0.1, -0.05) is 13.3 Å². The first-order valence-electron chi connectivity index (χ1n) is 7.55. The molecule has 0 radical (unpaired) electrons. The van der Waals surface area contributed by atoms with E-state index >= 15 is 0 Å². The minimum Gasteiger partial charge on any atom is -0.388 e. The summed E-state index contributed by atoms with van der Waals surface area (Å²) in [5, 5.41) is 14.0. The Morgan fingerprint density at radius 2 is 2.24 bits per heavy atom. The molecule has 2 N–H and O–H groups in total. The predicted octanol–water partition coefficient (Wildman–Crippen LogP) is 3.24. The van der Waals surface area contributed by atoms with Crippen LogP contribution < -0.4 is 5.32 Å². The Hall–Kier alpha value is -1.14. The van der Waals surface area contributed by atoms with E-state index in [0.717, 1.165) is 41.9 Å². The fourth-order valence-corrected chi connectivity index (χ4v) is 3.47. The van der Waals surface area contributed by atoms with Gasteiger partial charge in [0.05, 0.1) is 5.60 Å². The Labute approximate surface area is 132 Å². The number of nitrogens with zero attached hydrogens (tertiary/aromatic N) is 3. The van der Waals surface area contributed by atoms with Gasteiger partial charge in [0.1, 0.15) is 4.60 Å². The molecule has 1 aliphatic rings. The van der Waals surface area contributed by atoms with Crippen LogP contribution in [-0.4, -0.2) is 31.6 Å². The molecule has 114 valence electrons. The van der Waals surface area contributed by atoms with Crippen molar-refractivity contribution in [3.63, 3.8) is 0 Å². The van der Waals surface area contributed by atoms with Gasteiger partial charge in [0.25, 0.3) is 0 Å². The first-order valence-corrected chi connectivity index (χ1v) is 8.34. The number of halogens is 1. The van der Waals surface area contributed by atoms with Gasteiger partial charge in [-0.2, -0.15) is 0 Å². The van der Waals surface area contributed by atoms with Gasteiger partial charge >= 0.3 is 0 Å². The van der Waals surface area contributed by atoms with Crippen LogP contribution in [-0.2, 0) is 0 Å². The maximum absolute atomic E-state index is 10.7. The summed E-state index contributed by atoms with van der Waals surface area (Å²) in [5.41, 5.74) is 0.156. The summed E-state index contributed by atoms with van der Waals surface area (Å²) in [6.07, 6.45) is 10.7. The van der Waals surface area contributed by atoms with Crippen LogP contribution in [0.15, 0.2) is 23.2 Å². The van der Waals surface area contributed by atoms with E-state index in [9.17, 15) is 5.11 Å². The highest BCUT2D eigenvalue weighted by molar-refractivity contribution is 9.10. The number of imidazole rings is 1. The molecule has 0 aromatic carbocycles. The number of fused-ring (bicyclic) bond motifs is 1. The molecule has 2 heterocycles. The smallest absolute Gasteiger partial charge is 0.180 e. The molecule has 1 fully saturated rings. The minimum absolute atomic E-state index is 0.523. The van der Waals surface area contributed by atoms with Crippen molar-refractivity contribution in [2.75, 3.05) is 11.9 Å². The molecule has 21 heavy (non-hydrogen) atoms. The number of rotatable bonds is 4. The van der Waals surface area contributed by atoms with E-state index in [0.29, 0.717) is 12.4 Å². The monoisotopic (exact) mass is 352 g/mol. The van der Waals surface area contributed by atoms with Gasteiger partial charge in [-0.05, 0) is 47.5 Å². The summed E-state index contributed by atoms with van der Waals surface area (Å²) in [7, 11) is 0. The van der Waals surface area contributed by atoms with Gasteiger partial charge in [-0.3, -0.25) is 0 Å². The van der Waals surface area contributed by atoms with E-state index < -0.39 is 5.60 Å². The molecule has 0 saturated heterocycles. The Morgan fingerprint density at radius 3 is 2.95 bits per heavy atom. The Kier molecular flexibility index (Phi) is 4.17. The molecule has 2 aromatic heterocycles. The lowest BCUT2D eigenvalue weighted by atomic mass is 9.78. The normalized spacial score (nSPS) is 26.1. The van der Waals surface area contributed by atoms with Crippen LogP contribution in [0, 0.1) is 5.92 Å². The van der Waals surface area contributed by atoms with E-state index in [1.165, 1.54) is 6.42 Å². The Bertz CT molecular complexity index is 619. The van der Waals surface area contributed by atoms with Crippen LogP contribution >= 0.6 is 15.9 Å². The Morgan fingerprint density at radius 1 is 1.48 bits per heavy atom. The largest absolute Gasteiger partial charge is 0.388 e. The highest BCUT2D eigenvalue weighted by Gasteiger charge is 2.32. The molecule has 0 bridgehead atoms. The van der Waals surface area contributed by atoms with Gasteiger partial charge in [0, 0.05) is 25.1 Å². The maximum Gasteiger partial charge on any atom is 0.180 e. The second kappa shape index (κ2) is 5.93. The first-order chi connectivity index (χ1) is 10.1. The maximum atomic E-state index is 10.7. The summed E-state index contributed by atoms with van der Waals surface area (Å²) < 4.78 is 2.66. The first kappa shape index (κ1) is 14.8. The van der Waals surface area contributed by atoms with Crippen molar-refractivity contribution in [1.82, 2.24) is 14.4 Å². The zero-order chi connectivity index (χ0) is 14.9. The number of hydrogen-bond donors (Lipinski definition) is 2. The van der Waals surface area contributed by atoms with E-state index in [4.69, 9.17) is 0 Å². The van der Waals surface area contributed by atoms with Crippen LogP contribution in [0.1, 0.15) is 39.0 Å². The van der Waals surface area contributed by atoms with E-state index in [-0.39, 0.29) is 0 Å². The van der Waals surface area contributed by atoms with Crippen LogP contribution in [0.4, 0.5) is 5.82 Å². The van der Waals surface area contributed by atoms with Crippen molar-refractivity contribution < 1.29 is 5.11 Å². The topological polar surface area (TPSA) is 62.5 Å². The van der Waals surface area contributed by atoms with Gasteiger partial charge in [-0.15, -0.1) is 0 Å². The van der Waals surface area contributed by atoms with Crippen molar-refractivity contribution in [2.24, 2.45) is 5.92 Å². The predicted molar refractivity (Wildman–Crippen MR) is 86.4 cm³/mol. The molecule has 1 aliphatic carbocycles. The van der Waals surface area contributed by atoms with Gasteiger partial charge < -0.3 is 14.8 Å². The number of nitrogens with one attached hydrogen (secondary N) is 1. The fraction of sp³-hybridized carbons (Fsp3) is 0.600. The molecular weight excluding hydrogens is 332 g/mol. The van der Waals surface area contributed by atoms with Crippen LogP contribution in [0.5, 0.6) is 0 Å². The van der Waals surface area contributed by atoms with Crippen molar-refractivity contribution in [2.45, 2.75) is 44.6 Å². The Balaban J connectivity index is 1.70. The molecular formula is C15H21BrN4O.